The minimum Gasteiger partial charge on any atom is -0.333 e. The van der Waals surface area contributed by atoms with Crippen LogP contribution in [-0.2, 0) is 10.0 Å². The number of sulfonamides is 1. The molecular formula is C12H15N3O3S2. The zero-order valence-corrected chi connectivity index (χ0v) is 12.6. The van der Waals surface area contributed by atoms with Crippen molar-refractivity contribution in [1.82, 2.24) is 10.1 Å². The van der Waals surface area contributed by atoms with Crippen LogP contribution in [0.1, 0.15) is 37.9 Å². The molecule has 0 amide bonds. The number of anilines is 1. The van der Waals surface area contributed by atoms with Crippen molar-refractivity contribution < 1.29 is 12.9 Å². The summed E-state index contributed by atoms with van der Waals surface area (Å²) in [4.78, 5) is 5.02. The number of thiophene rings is 1. The van der Waals surface area contributed by atoms with Gasteiger partial charge in [0.05, 0.1) is 11.4 Å². The fourth-order valence-corrected chi connectivity index (χ4v) is 3.86. The number of aromatic nitrogens is 2. The van der Waals surface area contributed by atoms with E-state index in [9.17, 15) is 8.42 Å². The van der Waals surface area contributed by atoms with E-state index < -0.39 is 10.0 Å². The highest BCUT2D eigenvalue weighted by Crippen LogP contribution is 2.40. The molecule has 108 valence electrons. The van der Waals surface area contributed by atoms with Crippen LogP contribution in [-0.4, -0.2) is 24.3 Å². The largest absolute Gasteiger partial charge is 0.333 e. The number of nitrogens with zero attached hydrogens (tertiary/aromatic N) is 2. The Labute approximate surface area is 121 Å². The third kappa shape index (κ3) is 2.85. The SMILES string of the molecule is CCCS(=O)(=O)Nc1ccsc1-c1nc(C2CC2)no1. The van der Waals surface area contributed by atoms with Crippen LogP contribution in [0.25, 0.3) is 10.8 Å². The molecule has 2 heterocycles. The molecule has 0 spiro atoms. The summed E-state index contributed by atoms with van der Waals surface area (Å²) in [5.41, 5.74) is 0.509. The molecule has 1 fully saturated rings. The van der Waals surface area contributed by atoms with Gasteiger partial charge in [0.25, 0.3) is 5.89 Å². The Kier molecular flexibility index (Phi) is 3.51. The number of hydrogen-bond acceptors (Lipinski definition) is 6. The quantitative estimate of drug-likeness (QED) is 0.886. The van der Waals surface area contributed by atoms with Gasteiger partial charge < -0.3 is 4.52 Å². The van der Waals surface area contributed by atoms with Gasteiger partial charge in [0.2, 0.25) is 10.0 Å². The molecule has 0 saturated heterocycles. The Balaban J connectivity index is 1.85. The van der Waals surface area contributed by atoms with Crippen LogP contribution < -0.4 is 4.72 Å². The minimum atomic E-state index is -3.32. The summed E-state index contributed by atoms with van der Waals surface area (Å²) in [5, 5.41) is 5.76. The molecule has 0 atom stereocenters. The molecule has 0 radical (unpaired) electrons. The average Bonchev–Trinajstić information content (AvgIpc) is 2.95. The Bertz CT molecular complexity index is 701. The van der Waals surface area contributed by atoms with Crippen LogP contribution in [0.5, 0.6) is 0 Å². The summed E-state index contributed by atoms with van der Waals surface area (Å²) in [6, 6.07) is 1.72. The van der Waals surface area contributed by atoms with E-state index in [1.54, 1.807) is 11.4 Å². The monoisotopic (exact) mass is 313 g/mol. The first kappa shape index (κ1) is 13.6. The molecule has 2 aromatic rings. The smallest absolute Gasteiger partial charge is 0.270 e. The van der Waals surface area contributed by atoms with E-state index in [1.165, 1.54) is 11.3 Å². The summed E-state index contributed by atoms with van der Waals surface area (Å²) in [6.45, 7) is 1.83. The van der Waals surface area contributed by atoms with Gasteiger partial charge in [-0.05, 0) is 30.7 Å². The van der Waals surface area contributed by atoms with Gasteiger partial charge in [0, 0.05) is 5.92 Å². The van der Waals surface area contributed by atoms with E-state index in [2.05, 4.69) is 14.9 Å². The van der Waals surface area contributed by atoms with Gasteiger partial charge in [-0.25, -0.2) is 8.42 Å². The fourth-order valence-electron chi connectivity index (χ4n) is 1.88. The summed E-state index contributed by atoms with van der Waals surface area (Å²) < 4.78 is 31.5. The molecule has 0 bridgehead atoms. The summed E-state index contributed by atoms with van der Waals surface area (Å²) in [6.07, 6.45) is 2.76. The first-order valence-electron chi connectivity index (χ1n) is 6.51. The maximum atomic E-state index is 11.8. The number of hydrogen-bond donors (Lipinski definition) is 1. The van der Waals surface area contributed by atoms with Crippen molar-refractivity contribution in [3.8, 4) is 10.8 Å². The van der Waals surface area contributed by atoms with Gasteiger partial charge in [-0.2, -0.15) is 4.98 Å². The first-order chi connectivity index (χ1) is 9.59. The Morgan fingerprint density at radius 3 is 3.00 bits per heavy atom. The molecule has 3 rings (SSSR count). The molecule has 0 unspecified atom stereocenters. The molecule has 20 heavy (non-hydrogen) atoms. The minimum absolute atomic E-state index is 0.0967. The van der Waals surface area contributed by atoms with Gasteiger partial charge in [-0.1, -0.05) is 12.1 Å². The molecule has 0 aliphatic heterocycles. The van der Waals surface area contributed by atoms with Crippen LogP contribution in [0.15, 0.2) is 16.0 Å². The maximum absolute atomic E-state index is 11.8. The normalized spacial score (nSPS) is 15.4. The predicted molar refractivity (Wildman–Crippen MR) is 77.3 cm³/mol. The highest BCUT2D eigenvalue weighted by Gasteiger charge is 2.29. The average molecular weight is 313 g/mol. The van der Waals surface area contributed by atoms with Crippen LogP contribution >= 0.6 is 11.3 Å². The second-order valence-corrected chi connectivity index (χ2v) is 7.57. The predicted octanol–water partition coefficient (Wildman–Crippen LogP) is 2.83. The van der Waals surface area contributed by atoms with Crippen molar-refractivity contribution in [1.29, 1.82) is 0 Å². The van der Waals surface area contributed by atoms with Gasteiger partial charge in [0.15, 0.2) is 5.82 Å². The van der Waals surface area contributed by atoms with E-state index >= 15 is 0 Å². The zero-order chi connectivity index (χ0) is 14.2. The van der Waals surface area contributed by atoms with E-state index in [4.69, 9.17) is 4.52 Å². The number of nitrogens with one attached hydrogen (secondary N) is 1. The lowest BCUT2D eigenvalue weighted by Gasteiger charge is -2.05. The van der Waals surface area contributed by atoms with E-state index in [-0.39, 0.29) is 5.75 Å². The number of rotatable bonds is 6. The topological polar surface area (TPSA) is 85.1 Å². The molecule has 1 aliphatic carbocycles. The van der Waals surface area contributed by atoms with Crippen molar-refractivity contribution >= 4 is 27.0 Å². The van der Waals surface area contributed by atoms with E-state index in [0.717, 1.165) is 18.7 Å². The van der Waals surface area contributed by atoms with Crippen molar-refractivity contribution in [2.45, 2.75) is 32.1 Å². The lowest BCUT2D eigenvalue weighted by Crippen LogP contribution is -2.16. The second kappa shape index (κ2) is 5.17. The fraction of sp³-hybridized carbons (Fsp3) is 0.500. The second-order valence-electron chi connectivity index (χ2n) is 4.82. The Morgan fingerprint density at radius 2 is 2.30 bits per heavy atom. The molecular weight excluding hydrogens is 298 g/mol. The molecule has 0 aromatic carbocycles. The van der Waals surface area contributed by atoms with Crippen molar-refractivity contribution in [2.75, 3.05) is 10.5 Å². The van der Waals surface area contributed by atoms with Crippen molar-refractivity contribution in [3.05, 3.63) is 17.3 Å². The van der Waals surface area contributed by atoms with Crippen molar-refractivity contribution in [2.24, 2.45) is 0 Å². The highest BCUT2D eigenvalue weighted by atomic mass is 32.2. The molecule has 1 saturated carbocycles. The molecule has 6 nitrogen and oxygen atoms in total. The van der Waals surface area contributed by atoms with Crippen LogP contribution in [0.3, 0.4) is 0 Å². The lowest BCUT2D eigenvalue weighted by molar-refractivity contribution is 0.423. The van der Waals surface area contributed by atoms with Gasteiger partial charge in [-0.15, -0.1) is 11.3 Å². The first-order valence-corrected chi connectivity index (χ1v) is 9.04. The highest BCUT2D eigenvalue weighted by molar-refractivity contribution is 7.92. The molecule has 1 N–H and O–H groups in total. The molecule has 2 aromatic heterocycles. The van der Waals surface area contributed by atoms with Gasteiger partial charge in [-0.3, -0.25) is 4.72 Å². The molecule has 1 aliphatic rings. The third-order valence-corrected chi connectivity index (χ3v) is 5.36. The maximum Gasteiger partial charge on any atom is 0.270 e. The van der Waals surface area contributed by atoms with E-state index in [1.807, 2.05) is 6.92 Å². The Hall–Kier alpha value is -1.41. The third-order valence-electron chi connectivity index (χ3n) is 2.98. The van der Waals surface area contributed by atoms with Crippen LogP contribution in [0.4, 0.5) is 5.69 Å². The standard InChI is InChI=1S/C12H15N3O3S2/c1-2-7-20(16,17)15-9-5-6-19-10(9)12-13-11(14-18-12)8-3-4-8/h5-6,8,15H,2-4,7H2,1H3. The lowest BCUT2D eigenvalue weighted by atomic mass is 10.4. The van der Waals surface area contributed by atoms with Gasteiger partial charge in [0.1, 0.15) is 4.88 Å². The van der Waals surface area contributed by atoms with E-state index in [0.29, 0.717) is 28.8 Å². The van der Waals surface area contributed by atoms with Crippen LogP contribution in [0.2, 0.25) is 0 Å². The van der Waals surface area contributed by atoms with Gasteiger partial charge >= 0.3 is 0 Å². The molecule has 8 heteroatoms. The summed E-state index contributed by atoms with van der Waals surface area (Å²) >= 11 is 1.38. The van der Waals surface area contributed by atoms with Crippen LogP contribution in [0, 0.1) is 0 Å². The summed E-state index contributed by atoms with van der Waals surface area (Å²) in [5.74, 6) is 1.61. The zero-order valence-electron chi connectivity index (χ0n) is 11.0. The van der Waals surface area contributed by atoms with Crippen molar-refractivity contribution in [3.63, 3.8) is 0 Å². The summed E-state index contributed by atoms with van der Waals surface area (Å²) in [7, 11) is -3.32. The Morgan fingerprint density at radius 1 is 1.50 bits per heavy atom.